The van der Waals surface area contributed by atoms with Gasteiger partial charge in [0.2, 0.25) is 0 Å². The van der Waals surface area contributed by atoms with Crippen molar-refractivity contribution in [3.8, 4) is 0 Å². The number of unbranched alkanes of at least 4 members (excludes halogenated alkanes) is 1. The third-order valence-corrected chi connectivity index (χ3v) is 3.61. The van der Waals surface area contributed by atoms with E-state index in [1.165, 1.54) is 19.3 Å². The summed E-state index contributed by atoms with van der Waals surface area (Å²) < 4.78 is 5.80. The van der Waals surface area contributed by atoms with Crippen molar-refractivity contribution in [1.29, 1.82) is 0 Å². The van der Waals surface area contributed by atoms with Gasteiger partial charge in [0.15, 0.2) is 5.96 Å². The van der Waals surface area contributed by atoms with Crippen molar-refractivity contribution in [2.24, 2.45) is 4.99 Å². The molecule has 1 aliphatic carbocycles. The van der Waals surface area contributed by atoms with Gasteiger partial charge in [0.1, 0.15) is 17.9 Å². The number of nitrogens with one attached hydrogen (secondary N) is 2. The molecule has 3 rings (SSSR count). The molecule has 1 aliphatic rings. The maximum atomic E-state index is 5.80. The largest absolute Gasteiger partial charge is 0.459 e. The Morgan fingerprint density at radius 2 is 2.19 bits per heavy atom. The lowest BCUT2D eigenvalue weighted by Crippen LogP contribution is -2.39. The first-order valence-electron chi connectivity index (χ1n) is 7.87. The summed E-state index contributed by atoms with van der Waals surface area (Å²) >= 11 is 0. The van der Waals surface area contributed by atoms with Crippen LogP contribution in [0.1, 0.15) is 38.4 Å². The van der Waals surface area contributed by atoms with Gasteiger partial charge in [0.05, 0.1) is 0 Å². The minimum absolute atomic E-state index is 0.572. The predicted octanol–water partition coefficient (Wildman–Crippen LogP) is 3.43. The standard InChI is InChI=1S/C17H23N3O/c1-2-3-10-18-17(20-14-8-9-14)19-12-15-11-13-6-4-5-7-16(13)21-15/h4-7,11,14H,2-3,8-10,12H2,1H3,(H2,18,19,20). The van der Waals surface area contributed by atoms with E-state index >= 15 is 0 Å². The predicted molar refractivity (Wildman–Crippen MR) is 86.4 cm³/mol. The molecular weight excluding hydrogens is 262 g/mol. The monoisotopic (exact) mass is 285 g/mol. The van der Waals surface area contributed by atoms with Crippen LogP contribution >= 0.6 is 0 Å². The van der Waals surface area contributed by atoms with Crippen LogP contribution < -0.4 is 10.6 Å². The van der Waals surface area contributed by atoms with Crippen LogP contribution in [0, 0.1) is 0 Å². The topological polar surface area (TPSA) is 49.6 Å². The lowest BCUT2D eigenvalue weighted by atomic mass is 10.2. The molecular formula is C17H23N3O. The Morgan fingerprint density at radius 3 is 2.95 bits per heavy atom. The Kier molecular flexibility index (Phi) is 4.43. The average Bonchev–Trinajstić information content (AvgIpc) is 3.21. The van der Waals surface area contributed by atoms with Gasteiger partial charge < -0.3 is 15.1 Å². The Labute approximate surface area is 125 Å². The number of hydrogen-bond acceptors (Lipinski definition) is 2. The molecule has 0 bridgehead atoms. The van der Waals surface area contributed by atoms with E-state index in [1.54, 1.807) is 0 Å². The van der Waals surface area contributed by atoms with Gasteiger partial charge >= 0.3 is 0 Å². The molecule has 0 spiro atoms. The molecule has 0 aliphatic heterocycles. The Hall–Kier alpha value is -1.97. The number of nitrogens with zero attached hydrogens (tertiary/aromatic N) is 1. The second-order valence-electron chi connectivity index (χ2n) is 5.61. The number of furan rings is 1. The van der Waals surface area contributed by atoms with E-state index in [-0.39, 0.29) is 0 Å². The Balaban J connectivity index is 1.64. The Morgan fingerprint density at radius 1 is 1.33 bits per heavy atom. The summed E-state index contributed by atoms with van der Waals surface area (Å²) in [7, 11) is 0. The van der Waals surface area contributed by atoms with Crippen molar-refractivity contribution < 1.29 is 4.42 Å². The van der Waals surface area contributed by atoms with E-state index in [4.69, 9.17) is 4.42 Å². The van der Waals surface area contributed by atoms with E-state index in [0.717, 1.165) is 35.7 Å². The third kappa shape index (κ3) is 4.00. The van der Waals surface area contributed by atoms with Crippen molar-refractivity contribution in [3.05, 3.63) is 36.1 Å². The van der Waals surface area contributed by atoms with Crippen molar-refractivity contribution in [3.63, 3.8) is 0 Å². The van der Waals surface area contributed by atoms with Crippen molar-refractivity contribution in [2.75, 3.05) is 6.54 Å². The van der Waals surface area contributed by atoms with Crippen LogP contribution in [0.3, 0.4) is 0 Å². The fraction of sp³-hybridized carbons (Fsp3) is 0.471. The molecule has 1 aromatic carbocycles. The number of hydrogen-bond donors (Lipinski definition) is 2. The van der Waals surface area contributed by atoms with Crippen molar-refractivity contribution in [1.82, 2.24) is 10.6 Å². The number of aliphatic imine (C=N–C) groups is 1. The van der Waals surface area contributed by atoms with E-state index < -0.39 is 0 Å². The molecule has 1 fully saturated rings. The van der Waals surface area contributed by atoms with Crippen LogP contribution in [-0.4, -0.2) is 18.5 Å². The Bertz CT molecular complexity index is 580. The van der Waals surface area contributed by atoms with Crippen LogP contribution in [0.4, 0.5) is 0 Å². The van der Waals surface area contributed by atoms with Gasteiger partial charge in [0, 0.05) is 18.0 Å². The molecule has 1 aromatic heterocycles. The zero-order chi connectivity index (χ0) is 14.5. The van der Waals surface area contributed by atoms with Gasteiger partial charge in [-0.25, -0.2) is 4.99 Å². The molecule has 0 amide bonds. The smallest absolute Gasteiger partial charge is 0.191 e. The van der Waals surface area contributed by atoms with Gasteiger partial charge in [-0.1, -0.05) is 31.5 Å². The van der Waals surface area contributed by atoms with E-state index in [9.17, 15) is 0 Å². The molecule has 112 valence electrons. The SMILES string of the molecule is CCCCNC(=NCc1cc2ccccc2o1)NC1CC1. The fourth-order valence-corrected chi connectivity index (χ4v) is 2.23. The van der Waals surface area contributed by atoms with Gasteiger partial charge in [-0.05, 0) is 31.4 Å². The van der Waals surface area contributed by atoms with Crippen LogP contribution in [-0.2, 0) is 6.54 Å². The van der Waals surface area contributed by atoms with Gasteiger partial charge in [-0.15, -0.1) is 0 Å². The molecule has 2 aromatic rings. The summed E-state index contributed by atoms with van der Waals surface area (Å²) in [4.78, 5) is 4.64. The summed E-state index contributed by atoms with van der Waals surface area (Å²) in [6.45, 7) is 3.74. The van der Waals surface area contributed by atoms with Gasteiger partial charge in [-0.2, -0.15) is 0 Å². The number of benzene rings is 1. The van der Waals surface area contributed by atoms with E-state index in [2.05, 4.69) is 34.7 Å². The van der Waals surface area contributed by atoms with Gasteiger partial charge in [0.25, 0.3) is 0 Å². The minimum atomic E-state index is 0.572. The highest BCUT2D eigenvalue weighted by Gasteiger charge is 2.22. The first kappa shape index (κ1) is 14.0. The lowest BCUT2D eigenvalue weighted by molar-refractivity contribution is 0.551. The molecule has 21 heavy (non-hydrogen) atoms. The molecule has 0 unspecified atom stereocenters. The second-order valence-corrected chi connectivity index (χ2v) is 5.61. The molecule has 4 nitrogen and oxygen atoms in total. The molecule has 2 N–H and O–H groups in total. The normalized spacial score (nSPS) is 15.4. The zero-order valence-corrected chi connectivity index (χ0v) is 12.6. The summed E-state index contributed by atoms with van der Waals surface area (Å²) in [5.41, 5.74) is 0.929. The first-order valence-corrected chi connectivity index (χ1v) is 7.87. The zero-order valence-electron chi connectivity index (χ0n) is 12.6. The van der Waals surface area contributed by atoms with Crippen molar-refractivity contribution in [2.45, 2.75) is 45.2 Å². The summed E-state index contributed by atoms with van der Waals surface area (Å²) in [5.74, 6) is 1.81. The third-order valence-electron chi connectivity index (χ3n) is 3.61. The first-order chi connectivity index (χ1) is 10.3. The van der Waals surface area contributed by atoms with E-state index in [1.807, 2.05) is 18.2 Å². The van der Waals surface area contributed by atoms with Crippen LogP contribution in [0.5, 0.6) is 0 Å². The molecule has 0 radical (unpaired) electrons. The highest BCUT2D eigenvalue weighted by molar-refractivity contribution is 5.81. The molecule has 1 saturated carbocycles. The van der Waals surface area contributed by atoms with Crippen LogP contribution in [0.2, 0.25) is 0 Å². The van der Waals surface area contributed by atoms with Crippen LogP contribution in [0.25, 0.3) is 11.0 Å². The summed E-state index contributed by atoms with van der Waals surface area (Å²) in [6.07, 6.45) is 4.85. The summed E-state index contributed by atoms with van der Waals surface area (Å²) in [6, 6.07) is 10.7. The minimum Gasteiger partial charge on any atom is -0.459 e. The average molecular weight is 285 g/mol. The summed E-state index contributed by atoms with van der Waals surface area (Å²) in [5, 5.41) is 7.98. The van der Waals surface area contributed by atoms with E-state index in [0.29, 0.717) is 12.6 Å². The number of para-hydroxylation sites is 1. The number of fused-ring (bicyclic) bond motifs is 1. The van der Waals surface area contributed by atoms with Gasteiger partial charge in [-0.3, -0.25) is 0 Å². The fourth-order valence-electron chi connectivity index (χ4n) is 2.23. The van der Waals surface area contributed by atoms with Crippen LogP contribution in [0.15, 0.2) is 39.7 Å². The highest BCUT2D eigenvalue weighted by Crippen LogP contribution is 2.20. The maximum Gasteiger partial charge on any atom is 0.191 e. The molecule has 4 heteroatoms. The molecule has 1 heterocycles. The van der Waals surface area contributed by atoms with Crippen molar-refractivity contribution >= 4 is 16.9 Å². The number of rotatable bonds is 6. The molecule has 0 saturated heterocycles. The second kappa shape index (κ2) is 6.66. The molecule has 0 atom stereocenters. The lowest BCUT2D eigenvalue weighted by Gasteiger charge is -2.11. The highest BCUT2D eigenvalue weighted by atomic mass is 16.3. The number of guanidine groups is 1. The quantitative estimate of drug-likeness (QED) is 0.485. The maximum absolute atomic E-state index is 5.80.